The second kappa shape index (κ2) is 8.69. The Morgan fingerprint density at radius 3 is 2.14 bits per heavy atom. The fraction of sp³-hybridized carbons (Fsp3) is 0.208. The molecule has 0 bridgehead atoms. The van der Waals surface area contributed by atoms with E-state index in [-0.39, 0.29) is 17.9 Å². The van der Waals surface area contributed by atoms with Gasteiger partial charge in [-0.3, -0.25) is 14.6 Å². The lowest BCUT2D eigenvalue weighted by molar-refractivity contribution is 0.0697. The number of piperidine rings is 1. The van der Waals surface area contributed by atoms with Crippen LogP contribution in [0.1, 0.15) is 33.7 Å². The van der Waals surface area contributed by atoms with Crippen molar-refractivity contribution < 1.29 is 9.59 Å². The van der Waals surface area contributed by atoms with Crippen molar-refractivity contribution in [3.8, 4) is 11.1 Å². The zero-order valence-electron chi connectivity index (χ0n) is 16.1. The van der Waals surface area contributed by atoms with E-state index in [4.69, 9.17) is 0 Å². The first-order valence-corrected chi connectivity index (χ1v) is 9.87. The average Bonchev–Trinajstić information content (AvgIpc) is 2.80. The topological polar surface area (TPSA) is 62.3 Å². The number of hydrogen-bond acceptors (Lipinski definition) is 3. The summed E-state index contributed by atoms with van der Waals surface area (Å²) in [6.07, 6.45) is 3.10. The lowest BCUT2D eigenvalue weighted by atomic mass is 10.0. The number of likely N-dealkylation sites (tertiary alicyclic amines) is 1. The van der Waals surface area contributed by atoms with Gasteiger partial charge in [-0.05, 0) is 48.2 Å². The Morgan fingerprint density at radius 2 is 1.48 bits per heavy atom. The van der Waals surface area contributed by atoms with Crippen molar-refractivity contribution in [1.82, 2.24) is 15.2 Å². The molecule has 0 saturated carbocycles. The molecule has 0 radical (unpaired) electrons. The van der Waals surface area contributed by atoms with E-state index in [2.05, 4.69) is 22.4 Å². The lowest BCUT2D eigenvalue weighted by Crippen LogP contribution is -2.46. The van der Waals surface area contributed by atoms with Crippen LogP contribution in [0, 0.1) is 0 Å². The number of carbonyl (C=O) groups excluding carboxylic acids is 2. The van der Waals surface area contributed by atoms with Crippen molar-refractivity contribution in [3.05, 3.63) is 90.3 Å². The van der Waals surface area contributed by atoms with Gasteiger partial charge in [0.15, 0.2) is 0 Å². The Balaban J connectivity index is 1.32. The van der Waals surface area contributed by atoms with Crippen molar-refractivity contribution in [2.75, 3.05) is 13.1 Å². The molecule has 1 aliphatic rings. The summed E-state index contributed by atoms with van der Waals surface area (Å²) in [5.74, 6) is -0.119. The first-order valence-electron chi connectivity index (χ1n) is 9.87. The van der Waals surface area contributed by atoms with E-state index in [1.165, 1.54) is 0 Å². The number of amides is 2. The average molecular weight is 385 g/mol. The van der Waals surface area contributed by atoms with Crippen molar-refractivity contribution in [2.45, 2.75) is 18.9 Å². The van der Waals surface area contributed by atoms with Crippen LogP contribution in [-0.4, -0.2) is 40.8 Å². The van der Waals surface area contributed by atoms with Crippen molar-refractivity contribution in [1.29, 1.82) is 0 Å². The van der Waals surface area contributed by atoms with Gasteiger partial charge in [0, 0.05) is 30.9 Å². The van der Waals surface area contributed by atoms with Gasteiger partial charge < -0.3 is 10.2 Å². The maximum absolute atomic E-state index is 12.8. The molecule has 5 heteroatoms. The smallest absolute Gasteiger partial charge is 0.270 e. The molecule has 4 rings (SSSR count). The molecule has 0 unspecified atom stereocenters. The predicted molar refractivity (Wildman–Crippen MR) is 113 cm³/mol. The van der Waals surface area contributed by atoms with Crippen LogP contribution in [0.3, 0.4) is 0 Å². The van der Waals surface area contributed by atoms with Gasteiger partial charge in [-0.25, -0.2) is 0 Å². The van der Waals surface area contributed by atoms with Crippen molar-refractivity contribution >= 4 is 11.8 Å². The Labute approximate surface area is 170 Å². The normalized spacial score (nSPS) is 14.4. The van der Waals surface area contributed by atoms with Crippen molar-refractivity contribution in [2.24, 2.45) is 0 Å². The number of carbonyl (C=O) groups is 2. The van der Waals surface area contributed by atoms with Crippen LogP contribution in [0.4, 0.5) is 0 Å². The predicted octanol–water partition coefficient (Wildman–Crippen LogP) is 3.78. The molecule has 1 aliphatic heterocycles. The van der Waals surface area contributed by atoms with Crippen LogP contribution >= 0.6 is 0 Å². The Hall–Kier alpha value is -3.47. The van der Waals surface area contributed by atoms with Gasteiger partial charge in [0.2, 0.25) is 0 Å². The van der Waals surface area contributed by atoms with Gasteiger partial charge in [0.1, 0.15) is 5.69 Å². The fourth-order valence-electron chi connectivity index (χ4n) is 3.60. The molecule has 29 heavy (non-hydrogen) atoms. The third-order valence-corrected chi connectivity index (χ3v) is 5.25. The lowest BCUT2D eigenvalue weighted by Gasteiger charge is -2.32. The van der Waals surface area contributed by atoms with E-state index in [0.29, 0.717) is 24.3 Å². The molecular formula is C24H23N3O2. The Morgan fingerprint density at radius 1 is 0.828 bits per heavy atom. The van der Waals surface area contributed by atoms with Gasteiger partial charge in [0.25, 0.3) is 11.8 Å². The molecule has 5 nitrogen and oxygen atoms in total. The van der Waals surface area contributed by atoms with Gasteiger partial charge in [0.05, 0.1) is 0 Å². The molecule has 3 aromatic rings. The standard InChI is InChI=1S/C24H23N3O2/c28-23(22-8-4-5-15-25-22)26-21-13-16-27(17-14-21)24(29)20-11-9-19(10-12-20)18-6-2-1-3-7-18/h1-12,15,21H,13-14,16-17H2,(H,26,28). The van der Waals surface area contributed by atoms with Gasteiger partial charge in [-0.2, -0.15) is 0 Å². The molecule has 1 saturated heterocycles. The molecule has 2 heterocycles. The number of hydrogen-bond donors (Lipinski definition) is 1. The summed E-state index contributed by atoms with van der Waals surface area (Å²) in [6, 6.07) is 23.2. The summed E-state index contributed by atoms with van der Waals surface area (Å²) in [5.41, 5.74) is 3.35. The third kappa shape index (κ3) is 4.51. The van der Waals surface area contributed by atoms with Crippen LogP contribution in [0.2, 0.25) is 0 Å². The Kier molecular flexibility index (Phi) is 5.66. The molecule has 2 aromatic carbocycles. The second-order valence-electron chi connectivity index (χ2n) is 7.20. The van der Waals surface area contributed by atoms with E-state index >= 15 is 0 Å². The third-order valence-electron chi connectivity index (χ3n) is 5.25. The highest BCUT2D eigenvalue weighted by molar-refractivity contribution is 5.95. The zero-order chi connectivity index (χ0) is 20.1. The molecule has 0 spiro atoms. The minimum atomic E-state index is -0.160. The number of rotatable bonds is 4. The van der Waals surface area contributed by atoms with E-state index in [1.807, 2.05) is 47.4 Å². The molecule has 1 aromatic heterocycles. The SMILES string of the molecule is O=C(NC1CCN(C(=O)c2ccc(-c3ccccc3)cc2)CC1)c1ccccn1. The maximum atomic E-state index is 12.8. The maximum Gasteiger partial charge on any atom is 0.270 e. The number of nitrogens with one attached hydrogen (secondary N) is 1. The minimum absolute atomic E-state index is 0.0408. The number of benzene rings is 2. The Bertz CT molecular complexity index is 964. The first-order chi connectivity index (χ1) is 14.2. The van der Waals surface area contributed by atoms with Gasteiger partial charge in [-0.15, -0.1) is 0 Å². The van der Waals surface area contributed by atoms with Crippen LogP contribution in [0.5, 0.6) is 0 Å². The number of nitrogens with zero attached hydrogens (tertiary/aromatic N) is 2. The highest BCUT2D eigenvalue weighted by Crippen LogP contribution is 2.21. The largest absolute Gasteiger partial charge is 0.348 e. The molecule has 2 amide bonds. The first kappa shape index (κ1) is 18.9. The fourth-order valence-corrected chi connectivity index (χ4v) is 3.60. The summed E-state index contributed by atoms with van der Waals surface area (Å²) in [4.78, 5) is 31.0. The molecule has 1 N–H and O–H groups in total. The number of pyridine rings is 1. The quantitative estimate of drug-likeness (QED) is 0.743. The van der Waals surface area contributed by atoms with Gasteiger partial charge in [-0.1, -0.05) is 48.5 Å². The van der Waals surface area contributed by atoms with E-state index < -0.39 is 0 Å². The molecule has 1 fully saturated rings. The van der Waals surface area contributed by atoms with Crippen LogP contribution in [-0.2, 0) is 0 Å². The second-order valence-corrected chi connectivity index (χ2v) is 7.20. The summed E-state index contributed by atoms with van der Waals surface area (Å²) in [7, 11) is 0. The van der Waals surface area contributed by atoms with Crippen LogP contribution in [0.25, 0.3) is 11.1 Å². The van der Waals surface area contributed by atoms with Gasteiger partial charge >= 0.3 is 0 Å². The molecule has 0 aliphatic carbocycles. The monoisotopic (exact) mass is 385 g/mol. The zero-order valence-corrected chi connectivity index (χ0v) is 16.1. The molecular weight excluding hydrogens is 362 g/mol. The molecule has 146 valence electrons. The highest BCUT2D eigenvalue weighted by Gasteiger charge is 2.25. The molecule has 0 atom stereocenters. The number of aromatic nitrogens is 1. The van der Waals surface area contributed by atoms with Crippen LogP contribution in [0.15, 0.2) is 79.0 Å². The van der Waals surface area contributed by atoms with E-state index in [1.54, 1.807) is 24.4 Å². The van der Waals surface area contributed by atoms with E-state index in [0.717, 1.165) is 24.0 Å². The van der Waals surface area contributed by atoms with E-state index in [9.17, 15) is 9.59 Å². The summed E-state index contributed by atoms with van der Waals surface area (Å²) < 4.78 is 0. The van der Waals surface area contributed by atoms with Crippen LogP contribution < -0.4 is 5.32 Å². The summed E-state index contributed by atoms with van der Waals surface area (Å²) in [6.45, 7) is 1.26. The van der Waals surface area contributed by atoms with Crippen molar-refractivity contribution in [3.63, 3.8) is 0 Å². The minimum Gasteiger partial charge on any atom is -0.348 e. The highest BCUT2D eigenvalue weighted by atomic mass is 16.2. The summed E-state index contributed by atoms with van der Waals surface area (Å²) >= 11 is 0. The summed E-state index contributed by atoms with van der Waals surface area (Å²) in [5, 5.41) is 3.02.